The number of benzene rings is 3. The van der Waals surface area contributed by atoms with Crippen LogP contribution >= 0.6 is 0 Å². The number of amides is 1. The van der Waals surface area contributed by atoms with Crippen molar-refractivity contribution in [1.82, 2.24) is 0 Å². The number of para-hydroxylation sites is 2. The lowest BCUT2D eigenvalue weighted by Gasteiger charge is -2.10. The standard InChI is InChI=1S/C17H14N2O2/c18-14-10-12-6-2-1-5-11(12)9-13(14)17(21)19-15-7-3-4-8-16(15)20/h1-10,20H,18H2,(H,19,21). The number of carbonyl (C=O) groups is 1. The first-order valence-electron chi connectivity index (χ1n) is 6.53. The lowest BCUT2D eigenvalue weighted by atomic mass is 10.0. The molecule has 4 N–H and O–H groups in total. The normalized spacial score (nSPS) is 10.5. The number of nitrogens with two attached hydrogens (primary N) is 1. The van der Waals surface area contributed by atoms with E-state index >= 15 is 0 Å². The predicted octanol–water partition coefficient (Wildman–Crippen LogP) is 3.38. The molecule has 104 valence electrons. The molecule has 0 spiro atoms. The Kier molecular flexibility index (Phi) is 3.20. The molecular formula is C17H14N2O2. The molecule has 0 fully saturated rings. The summed E-state index contributed by atoms with van der Waals surface area (Å²) < 4.78 is 0. The van der Waals surface area contributed by atoms with Gasteiger partial charge in [-0.05, 0) is 35.0 Å². The van der Waals surface area contributed by atoms with E-state index in [-0.39, 0.29) is 11.7 Å². The smallest absolute Gasteiger partial charge is 0.257 e. The van der Waals surface area contributed by atoms with Gasteiger partial charge < -0.3 is 16.2 Å². The zero-order valence-electron chi connectivity index (χ0n) is 11.2. The van der Waals surface area contributed by atoms with E-state index in [2.05, 4.69) is 5.32 Å². The number of phenolic OH excluding ortho intramolecular Hbond substituents is 1. The molecule has 0 bridgehead atoms. The van der Waals surface area contributed by atoms with Crippen molar-refractivity contribution >= 4 is 28.1 Å². The van der Waals surface area contributed by atoms with Gasteiger partial charge in [-0.3, -0.25) is 4.79 Å². The van der Waals surface area contributed by atoms with Crippen molar-refractivity contribution in [1.29, 1.82) is 0 Å². The zero-order chi connectivity index (χ0) is 14.8. The number of aromatic hydroxyl groups is 1. The number of fused-ring (bicyclic) bond motifs is 1. The topological polar surface area (TPSA) is 75.4 Å². The van der Waals surface area contributed by atoms with Crippen molar-refractivity contribution in [2.45, 2.75) is 0 Å². The van der Waals surface area contributed by atoms with Crippen LogP contribution in [0.4, 0.5) is 11.4 Å². The summed E-state index contributed by atoms with van der Waals surface area (Å²) in [6, 6.07) is 17.8. The minimum absolute atomic E-state index is 0.0187. The molecule has 0 aliphatic rings. The number of hydrogen-bond donors (Lipinski definition) is 3. The molecule has 0 atom stereocenters. The molecule has 3 aromatic rings. The Morgan fingerprint density at radius 1 is 0.952 bits per heavy atom. The summed E-state index contributed by atoms with van der Waals surface area (Å²) >= 11 is 0. The fraction of sp³-hybridized carbons (Fsp3) is 0. The minimum Gasteiger partial charge on any atom is -0.506 e. The fourth-order valence-electron chi connectivity index (χ4n) is 2.22. The summed E-state index contributed by atoms with van der Waals surface area (Å²) in [5, 5.41) is 14.3. The van der Waals surface area contributed by atoms with E-state index < -0.39 is 0 Å². The fourth-order valence-corrected chi connectivity index (χ4v) is 2.22. The maximum Gasteiger partial charge on any atom is 0.257 e. The third-order valence-electron chi connectivity index (χ3n) is 3.31. The lowest BCUT2D eigenvalue weighted by molar-refractivity contribution is 0.102. The van der Waals surface area contributed by atoms with Gasteiger partial charge in [0.15, 0.2) is 0 Å². The van der Waals surface area contributed by atoms with Gasteiger partial charge in [-0.1, -0.05) is 36.4 Å². The van der Waals surface area contributed by atoms with Crippen LogP contribution in [0.2, 0.25) is 0 Å². The maximum atomic E-state index is 12.3. The van der Waals surface area contributed by atoms with Crippen molar-refractivity contribution in [2.24, 2.45) is 0 Å². The van der Waals surface area contributed by atoms with Crippen molar-refractivity contribution < 1.29 is 9.90 Å². The Labute approximate surface area is 121 Å². The molecule has 3 rings (SSSR count). The summed E-state index contributed by atoms with van der Waals surface area (Å²) in [7, 11) is 0. The van der Waals surface area contributed by atoms with Gasteiger partial charge in [-0.2, -0.15) is 0 Å². The highest BCUT2D eigenvalue weighted by Crippen LogP contribution is 2.25. The third kappa shape index (κ3) is 2.51. The first-order chi connectivity index (χ1) is 10.1. The molecule has 0 saturated carbocycles. The first kappa shape index (κ1) is 13.0. The van der Waals surface area contributed by atoms with Crippen LogP contribution in [0.1, 0.15) is 10.4 Å². The molecule has 4 nitrogen and oxygen atoms in total. The molecule has 0 aliphatic heterocycles. The van der Waals surface area contributed by atoms with Crippen molar-refractivity contribution in [3.05, 3.63) is 66.2 Å². The number of nitrogens with one attached hydrogen (secondary N) is 1. The number of phenols is 1. The highest BCUT2D eigenvalue weighted by atomic mass is 16.3. The predicted molar refractivity (Wildman–Crippen MR) is 84.4 cm³/mol. The van der Waals surface area contributed by atoms with Crippen LogP contribution in [-0.2, 0) is 0 Å². The zero-order valence-corrected chi connectivity index (χ0v) is 11.2. The molecule has 3 aromatic carbocycles. The van der Waals surface area contributed by atoms with Crippen molar-refractivity contribution in [2.75, 3.05) is 11.1 Å². The van der Waals surface area contributed by atoms with E-state index in [4.69, 9.17) is 5.73 Å². The first-order valence-corrected chi connectivity index (χ1v) is 6.53. The average molecular weight is 278 g/mol. The molecule has 0 radical (unpaired) electrons. The van der Waals surface area contributed by atoms with Gasteiger partial charge in [0.25, 0.3) is 5.91 Å². The number of carbonyl (C=O) groups excluding carboxylic acids is 1. The molecule has 1 amide bonds. The highest BCUT2D eigenvalue weighted by molar-refractivity contribution is 6.10. The van der Waals surface area contributed by atoms with Crippen LogP contribution in [0.5, 0.6) is 5.75 Å². The van der Waals surface area contributed by atoms with E-state index in [0.717, 1.165) is 10.8 Å². The molecule has 0 aromatic heterocycles. The van der Waals surface area contributed by atoms with Gasteiger partial charge in [-0.15, -0.1) is 0 Å². The van der Waals surface area contributed by atoms with Gasteiger partial charge in [0.05, 0.1) is 11.3 Å². The molecule has 4 heteroatoms. The summed E-state index contributed by atoms with van der Waals surface area (Å²) in [4.78, 5) is 12.3. The van der Waals surface area contributed by atoms with Crippen LogP contribution in [-0.4, -0.2) is 11.0 Å². The monoisotopic (exact) mass is 278 g/mol. The maximum absolute atomic E-state index is 12.3. The van der Waals surface area contributed by atoms with Gasteiger partial charge in [0.1, 0.15) is 5.75 Å². The van der Waals surface area contributed by atoms with Crippen LogP contribution in [0.25, 0.3) is 10.8 Å². The summed E-state index contributed by atoms with van der Waals surface area (Å²) in [5.41, 5.74) is 7.10. The summed E-state index contributed by atoms with van der Waals surface area (Å²) in [6.45, 7) is 0. The highest BCUT2D eigenvalue weighted by Gasteiger charge is 2.12. The number of nitrogen functional groups attached to an aromatic ring is 1. The molecule has 0 aliphatic carbocycles. The molecule has 0 heterocycles. The Balaban J connectivity index is 1.98. The van der Waals surface area contributed by atoms with E-state index in [0.29, 0.717) is 16.9 Å². The summed E-state index contributed by atoms with van der Waals surface area (Å²) in [5.74, 6) is -0.329. The molecule has 0 unspecified atom stereocenters. The van der Waals surface area contributed by atoms with Crippen LogP contribution in [0, 0.1) is 0 Å². The van der Waals surface area contributed by atoms with E-state index in [1.165, 1.54) is 6.07 Å². The Bertz CT molecular complexity index is 828. The largest absolute Gasteiger partial charge is 0.506 e. The van der Waals surface area contributed by atoms with Crippen LogP contribution in [0.3, 0.4) is 0 Å². The lowest BCUT2D eigenvalue weighted by Crippen LogP contribution is -2.14. The Hall–Kier alpha value is -3.01. The number of anilines is 2. The van der Waals surface area contributed by atoms with E-state index in [1.807, 2.05) is 24.3 Å². The van der Waals surface area contributed by atoms with Crippen molar-refractivity contribution in [3.8, 4) is 5.75 Å². The second-order valence-electron chi connectivity index (χ2n) is 4.76. The molecular weight excluding hydrogens is 264 g/mol. The van der Waals surface area contributed by atoms with Gasteiger partial charge in [0.2, 0.25) is 0 Å². The Morgan fingerprint density at radius 2 is 1.57 bits per heavy atom. The second-order valence-corrected chi connectivity index (χ2v) is 4.76. The molecule has 0 saturated heterocycles. The van der Waals surface area contributed by atoms with E-state index in [1.54, 1.807) is 30.3 Å². The van der Waals surface area contributed by atoms with Gasteiger partial charge in [-0.25, -0.2) is 0 Å². The molecule has 21 heavy (non-hydrogen) atoms. The number of rotatable bonds is 2. The quantitative estimate of drug-likeness (QED) is 0.497. The second kappa shape index (κ2) is 5.17. The van der Waals surface area contributed by atoms with Crippen molar-refractivity contribution in [3.63, 3.8) is 0 Å². The van der Waals surface area contributed by atoms with Gasteiger partial charge in [0, 0.05) is 5.69 Å². The average Bonchev–Trinajstić information content (AvgIpc) is 2.49. The Morgan fingerprint density at radius 3 is 2.29 bits per heavy atom. The van der Waals surface area contributed by atoms with Crippen LogP contribution < -0.4 is 11.1 Å². The third-order valence-corrected chi connectivity index (χ3v) is 3.31. The van der Waals surface area contributed by atoms with Crippen LogP contribution in [0.15, 0.2) is 60.7 Å². The minimum atomic E-state index is -0.347. The summed E-state index contributed by atoms with van der Waals surface area (Å²) in [6.07, 6.45) is 0. The number of hydrogen-bond acceptors (Lipinski definition) is 3. The SMILES string of the molecule is Nc1cc2ccccc2cc1C(=O)Nc1ccccc1O. The van der Waals surface area contributed by atoms with E-state index in [9.17, 15) is 9.90 Å². The van der Waals surface area contributed by atoms with Gasteiger partial charge >= 0.3 is 0 Å².